The molecule has 24 nitrogen and oxygen atoms in total. The van der Waals surface area contributed by atoms with Gasteiger partial charge in [-0.3, -0.25) is 43.3 Å². The van der Waals surface area contributed by atoms with Gasteiger partial charge < -0.3 is 75.1 Å². The molecule has 3 aromatic rings. The average Bonchev–Trinajstić information content (AvgIpc) is 3.88. The smallest absolute Gasteiger partial charge is 0.326 e. The first-order valence-electron chi connectivity index (χ1n) is 25.5. The lowest BCUT2D eigenvalue weighted by Crippen LogP contribution is -2.62. The summed E-state index contributed by atoms with van der Waals surface area (Å²) in [6.07, 6.45) is 0.0959. The summed E-state index contributed by atoms with van der Waals surface area (Å²) in [4.78, 5) is 128. The van der Waals surface area contributed by atoms with Crippen LogP contribution < -0.4 is 54.8 Å². The van der Waals surface area contributed by atoms with E-state index in [2.05, 4.69) is 36.9 Å². The predicted octanol–water partition coefficient (Wildman–Crippen LogP) is -0.456. The van der Waals surface area contributed by atoms with Crippen molar-refractivity contribution in [2.45, 2.75) is 134 Å². The number of likely N-dealkylation sites (tertiary alicyclic amines) is 1. The molecule has 1 aliphatic rings. The van der Waals surface area contributed by atoms with E-state index < -0.39 is 120 Å². The van der Waals surface area contributed by atoms with Gasteiger partial charge in [0.05, 0.1) is 12.5 Å². The molecule has 24 heteroatoms. The Hall–Kier alpha value is -8.28. The van der Waals surface area contributed by atoms with Gasteiger partial charge in [0.15, 0.2) is 5.96 Å². The van der Waals surface area contributed by atoms with Crippen LogP contribution in [0.25, 0.3) is 0 Å². The minimum Gasteiger partial charge on any atom is -0.508 e. The van der Waals surface area contributed by atoms with Crippen LogP contribution in [-0.2, 0) is 62.4 Å². The molecule has 0 radical (unpaired) electrons. The number of aliphatic imine (C=N–C) groups is 1. The molecule has 1 aliphatic heterocycles. The molecule has 1 heterocycles. The molecule has 0 bridgehead atoms. The van der Waals surface area contributed by atoms with Crippen molar-refractivity contribution in [3.63, 3.8) is 0 Å². The van der Waals surface area contributed by atoms with E-state index in [0.717, 1.165) is 0 Å². The number of carbonyl (C=O) groups is 9. The molecule has 9 atom stereocenters. The van der Waals surface area contributed by atoms with Crippen LogP contribution in [0.4, 0.5) is 5.69 Å². The number of aromatic hydroxyl groups is 1. The van der Waals surface area contributed by atoms with E-state index in [1.165, 1.54) is 29.2 Å². The Balaban J connectivity index is 1.62. The van der Waals surface area contributed by atoms with Crippen molar-refractivity contribution in [3.8, 4) is 5.75 Å². The number of amides is 7. The molecule has 0 spiro atoms. The number of nitrogens with two attached hydrogens (primary N) is 4. The second kappa shape index (κ2) is 29.7. The van der Waals surface area contributed by atoms with Gasteiger partial charge in [0.1, 0.15) is 48.0 Å². The fourth-order valence-corrected chi connectivity index (χ4v) is 8.59. The van der Waals surface area contributed by atoms with Crippen LogP contribution in [0.3, 0.4) is 0 Å². The summed E-state index contributed by atoms with van der Waals surface area (Å²) in [6, 6.07) is 10.5. The Morgan fingerprint density at radius 1 is 0.662 bits per heavy atom. The van der Waals surface area contributed by atoms with Gasteiger partial charge in [-0.25, -0.2) is 4.79 Å². The molecule has 0 saturated carbocycles. The molecule has 3 aromatic carbocycles. The average molecular weight is 1070 g/mol. The number of carboxylic acids is 2. The number of hydrogen-bond donors (Lipinski definition) is 13. The van der Waals surface area contributed by atoms with Crippen LogP contribution in [0.2, 0.25) is 0 Å². The molecule has 17 N–H and O–H groups in total. The maximum atomic E-state index is 14.7. The van der Waals surface area contributed by atoms with Crippen LogP contribution in [0.1, 0.15) is 82.9 Å². The number of phenolic OH excluding ortho intramolecular Hbond substituents is 1. The third-order valence-electron chi connectivity index (χ3n) is 13.1. The zero-order chi connectivity index (χ0) is 56.9. The summed E-state index contributed by atoms with van der Waals surface area (Å²) in [5.41, 5.74) is 24.8. The minimum absolute atomic E-state index is 0.00477. The number of guanidine groups is 1. The summed E-state index contributed by atoms with van der Waals surface area (Å²) in [5.74, 6) is -9.64. The molecular weight excluding hydrogens is 997 g/mol. The van der Waals surface area contributed by atoms with Crippen LogP contribution in [0.15, 0.2) is 83.9 Å². The van der Waals surface area contributed by atoms with Gasteiger partial charge in [-0.1, -0.05) is 88.7 Å². The predicted molar refractivity (Wildman–Crippen MR) is 285 cm³/mol. The van der Waals surface area contributed by atoms with Gasteiger partial charge in [0, 0.05) is 38.0 Å². The number of nitrogen functional groups attached to an aromatic ring is 1. The minimum atomic E-state index is -1.51. The summed E-state index contributed by atoms with van der Waals surface area (Å²) >= 11 is 0. The van der Waals surface area contributed by atoms with Gasteiger partial charge in [-0.05, 0) is 78.5 Å². The SMILES string of the molecule is CC[C@H](C)[C@H](NC(=O)[C@H](Cc1ccc(O)cc1)NC(=O)[C@@H](NC(=O)[C@H](CCCN=C(N)N)NC(=O)[C@@H](N)CC(=O)O)C(C)C)C(=O)N[C@@H](Cc1ccc(N)cc1)C(=O)N1CCC[C@H]1C(=O)N[C@@H](Cc1ccccc1)C(=O)O. The number of phenols is 1. The summed E-state index contributed by atoms with van der Waals surface area (Å²) < 4.78 is 0. The van der Waals surface area contributed by atoms with Crippen molar-refractivity contribution in [3.05, 3.63) is 95.6 Å². The van der Waals surface area contributed by atoms with Crippen molar-refractivity contribution in [1.29, 1.82) is 0 Å². The molecule has 1 fully saturated rings. The molecular formula is C53H74N12O12. The highest BCUT2D eigenvalue weighted by Gasteiger charge is 2.41. The lowest BCUT2D eigenvalue weighted by Gasteiger charge is -2.32. The topological polar surface area (TPSA) is 406 Å². The zero-order valence-corrected chi connectivity index (χ0v) is 43.8. The Labute approximate surface area is 446 Å². The van der Waals surface area contributed by atoms with Crippen LogP contribution in [-0.4, -0.2) is 141 Å². The number of rotatable bonds is 29. The highest BCUT2D eigenvalue weighted by molar-refractivity contribution is 5.98. The first kappa shape index (κ1) is 61.3. The van der Waals surface area contributed by atoms with E-state index in [4.69, 9.17) is 22.9 Å². The molecule has 1 saturated heterocycles. The van der Waals surface area contributed by atoms with Gasteiger partial charge in [0.2, 0.25) is 41.4 Å². The summed E-state index contributed by atoms with van der Waals surface area (Å²) in [6.45, 7) is 6.91. The van der Waals surface area contributed by atoms with E-state index >= 15 is 0 Å². The number of carbonyl (C=O) groups excluding carboxylic acids is 7. The highest BCUT2D eigenvalue weighted by Crippen LogP contribution is 2.22. The molecule has 7 amide bonds. The monoisotopic (exact) mass is 1070 g/mol. The van der Waals surface area contributed by atoms with E-state index in [0.29, 0.717) is 35.2 Å². The van der Waals surface area contributed by atoms with Crippen LogP contribution >= 0.6 is 0 Å². The Bertz CT molecular complexity index is 2540. The first-order valence-corrected chi connectivity index (χ1v) is 25.5. The molecule has 418 valence electrons. The lowest BCUT2D eigenvalue weighted by atomic mass is 9.95. The van der Waals surface area contributed by atoms with Gasteiger partial charge in [-0.15, -0.1) is 0 Å². The maximum Gasteiger partial charge on any atom is 0.326 e. The largest absolute Gasteiger partial charge is 0.508 e. The zero-order valence-electron chi connectivity index (χ0n) is 43.8. The van der Waals surface area contributed by atoms with Crippen molar-refractivity contribution < 1.29 is 58.5 Å². The number of benzene rings is 3. The van der Waals surface area contributed by atoms with E-state index in [9.17, 15) is 58.5 Å². The molecule has 0 aliphatic carbocycles. The number of nitrogens with one attached hydrogen (secondary N) is 6. The van der Waals surface area contributed by atoms with Gasteiger partial charge in [0.25, 0.3) is 0 Å². The van der Waals surface area contributed by atoms with E-state index in [1.54, 1.807) is 82.3 Å². The van der Waals surface area contributed by atoms with Crippen LogP contribution in [0.5, 0.6) is 5.75 Å². The maximum absolute atomic E-state index is 14.7. The third kappa shape index (κ3) is 19.4. The Morgan fingerprint density at radius 3 is 1.78 bits per heavy atom. The first-order chi connectivity index (χ1) is 36.5. The normalized spacial score (nSPS) is 16.2. The summed E-state index contributed by atoms with van der Waals surface area (Å²) in [7, 11) is 0. The number of carboxylic acid groups (broad SMARTS) is 2. The molecule has 77 heavy (non-hydrogen) atoms. The van der Waals surface area contributed by atoms with Crippen molar-refractivity contribution in [2.24, 2.45) is 34.0 Å². The second-order valence-electron chi connectivity index (χ2n) is 19.5. The molecule has 4 rings (SSSR count). The Morgan fingerprint density at radius 2 is 1.19 bits per heavy atom. The lowest BCUT2D eigenvalue weighted by molar-refractivity contribution is -0.145. The number of hydrogen-bond acceptors (Lipinski definition) is 13. The fraction of sp³-hybridized carbons (Fsp3) is 0.472. The van der Waals surface area contributed by atoms with Crippen molar-refractivity contribution in [1.82, 2.24) is 36.8 Å². The third-order valence-corrected chi connectivity index (χ3v) is 13.1. The number of aliphatic carboxylic acids is 2. The van der Waals surface area contributed by atoms with Crippen LogP contribution in [0, 0.1) is 11.8 Å². The highest BCUT2D eigenvalue weighted by atomic mass is 16.4. The van der Waals surface area contributed by atoms with Gasteiger partial charge in [-0.2, -0.15) is 0 Å². The quantitative estimate of drug-likeness (QED) is 0.0181. The van der Waals surface area contributed by atoms with Crippen molar-refractivity contribution in [2.75, 3.05) is 18.8 Å². The fourth-order valence-electron chi connectivity index (χ4n) is 8.59. The van der Waals surface area contributed by atoms with E-state index in [1.807, 2.05) is 0 Å². The standard InChI is InChI=1S/C53H74N12O12/c1-5-30(4)44(50(74)61-39(26-32-15-19-34(54)20-16-32)51(75)65-24-10-14-41(65)48(72)62-40(52(76)77)27-31-11-7-6-8-12-31)64-47(71)38(25-33-17-21-35(66)22-18-33)60-49(73)43(29(2)3)63-46(70)37(13-9-23-58-53(56)57)59-45(69)36(55)28-42(67)68/h6-8,11-12,15-22,29-30,36-41,43-44,66H,5,9-10,13-14,23-28,54-55H2,1-4H3,(H,59,69)(H,60,73)(H,61,74)(H,62,72)(H,63,70)(H,64,71)(H,67,68)(H,76,77)(H4,56,57,58)/t30-,36-,37-,38-,39-,40-,41-,43-,44-/m0/s1. The van der Waals surface area contributed by atoms with Crippen molar-refractivity contribution >= 4 is 64.9 Å². The Kier molecular flexibility index (Phi) is 23.6. The summed E-state index contributed by atoms with van der Waals surface area (Å²) in [5, 5.41) is 45.3. The number of nitrogens with zero attached hydrogens (tertiary/aromatic N) is 2. The molecule has 0 aromatic heterocycles. The molecule has 0 unspecified atom stereocenters. The van der Waals surface area contributed by atoms with Gasteiger partial charge >= 0.3 is 11.9 Å². The van der Waals surface area contributed by atoms with E-state index in [-0.39, 0.29) is 63.3 Å². The second-order valence-corrected chi connectivity index (χ2v) is 19.5. The number of anilines is 1.